The lowest BCUT2D eigenvalue weighted by atomic mass is 10.2. The van der Waals surface area contributed by atoms with Gasteiger partial charge in [-0.25, -0.2) is 28.4 Å². The van der Waals surface area contributed by atoms with Crippen molar-refractivity contribution in [2.75, 3.05) is 17.6 Å². The van der Waals surface area contributed by atoms with Gasteiger partial charge >= 0.3 is 0 Å². The average Bonchev–Trinajstić information content (AvgIpc) is 3.49. The molecule has 0 fully saturated rings. The Morgan fingerprint density at radius 2 is 1.77 bits per heavy atom. The smallest absolute Gasteiger partial charge is 0.272 e. The van der Waals surface area contributed by atoms with Crippen molar-refractivity contribution in [1.82, 2.24) is 19.9 Å². The van der Waals surface area contributed by atoms with Gasteiger partial charge in [0.15, 0.2) is 29.1 Å². The minimum atomic E-state index is -4.09. The summed E-state index contributed by atoms with van der Waals surface area (Å²) < 4.78 is 41.6. The van der Waals surface area contributed by atoms with Crippen molar-refractivity contribution in [3.8, 4) is 28.9 Å². The number of aromatic nitrogens is 4. The van der Waals surface area contributed by atoms with Crippen LogP contribution in [0.25, 0.3) is 11.6 Å². The van der Waals surface area contributed by atoms with E-state index in [1.807, 2.05) is 13.8 Å². The molecule has 0 saturated carbocycles. The van der Waals surface area contributed by atoms with E-state index in [2.05, 4.69) is 29.7 Å². The molecule has 0 aliphatic heterocycles. The van der Waals surface area contributed by atoms with Crippen LogP contribution in [0.4, 0.5) is 5.82 Å². The maximum Gasteiger partial charge on any atom is 0.272 e. The molecule has 16 heteroatoms. The first-order chi connectivity index (χ1) is 20.6. The molecule has 226 valence electrons. The third-order valence-electron chi connectivity index (χ3n) is 5.58. The van der Waals surface area contributed by atoms with Crippen LogP contribution in [-0.4, -0.2) is 53.1 Å². The molecule has 0 aliphatic carbocycles. The molecule has 0 unspecified atom stereocenters. The summed E-state index contributed by atoms with van der Waals surface area (Å²) in [6.45, 7) is 3.97. The lowest BCUT2D eigenvalue weighted by Gasteiger charge is -2.17. The van der Waals surface area contributed by atoms with Crippen molar-refractivity contribution in [2.24, 2.45) is 16.5 Å². The third-order valence-corrected chi connectivity index (χ3v) is 9.84. The molecular formula is C27H30N8O5S3. The summed E-state index contributed by atoms with van der Waals surface area (Å²) in [7, 11) is -2.60. The van der Waals surface area contributed by atoms with Gasteiger partial charge < -0.3 is 20.9 Å². The van der Waals surface area contributed by atoms with Crippen LogP contribution in [0.15, 0.2) is 69.1 Å². The predicted molar refractivity (Wildman–Crippen MR) is 166 cm³/mol. The summed E-state index contributed by atoms with van der Waals surface area (Å²) >= 11 is 2.39. The van der Waals surface area contributed by atoms with Crippen LogP contribution in [0.5, 0.6) is 17.2 Å². The van der Waals surface area contributed by atoms with Gasteiger partial charge in [0, 0.05) is 29.4 Å². The number of carbonyl (C=O) groups is 1. The second-order valence-corrected chi connectivity index (χ2v) is 13.3. The van der Waals surface area contributed by atoms with E-state index in [0.717, 1.165) is 4.88 Å². The Labute approximate surface area is 257 Å². The number of carbonyl (C=O) groups excluding carboxylic acids is 1. The van der Waals surface area contributed by atoms with E-state index in [1.165, 1.54) is 42.6 Å². The topological polar surface area (TPSA) is 198 Å². The number of nitrogens with zero attached hydrogens (tertiary/aromatic N) is 5. The van der Waals surface area contributed by atoms with Crippen LogP contribution in [-0.2, 0) is 14.8 Å². The quantitative estimate of drug-likeness (QED) is 0.0612. The summed E-state index contributed by atoms with van der Waals surface area (Å²) in [5.41, 5.74) is 10.6. The summed E-state index contributed by atoms with van der Waals surface area (Å²) in [6, 6.07) is 11.9. The first kappa shape index (κ1) is 31.7. The van der Waals surface area contributed by atoms with Gasteiger partial charge in [-0.3, -0.25) is 9.52 Å². The minimum absolute atomic E-state index is 0.0361. The Bertz CT molecular complexity index is 1710. The Kier molecular flexibility index (Phi) is 10.5. The molecule has 0 atom stereocenters. The molecule has 43 heavy (non-hydrogen) atoms. The molecule has 0 saturated heterocycles. The first-order valence-corrected chi connectivity index (χ1v) is 16.2. The highest BCUT2D eigenvalue weighted by atomic mass is 32.2. The van der Waals surface area contributed by atoms with Gasteiger partial charge in [-0.1, -0.05) is 26.0 Å². The van der Waals surface area contributed by atoms with Gasteiger partial charge in [-0.2, -0.15) is 4.99 Å². The number of thiophene rings is 1. The number of rotatable bonds is 13. The number of ether oxygens (including phenoxy) is 2. The number of hydrogen-bond acceptors (Lipinski definition) is 11. The molecule has 0 bridgehead atoms. The zero-order valence-corrected chi connectivity index (χ0v) is 26.0. The molecule has 13 nitrogen and oxygen atoms in total. The SMILES string of the molecule is COc1ccccc1Oc1c(NS(=O)(=O)c2ccc(C(C)C)s2)nc(-c2ncccn2)nc1SCCCC(=O)N=C(N)N. The van der Waals surface area contributed by atoms with Crippen molar-refractivity contribution in [3.63, 3.8) is 0 Å². The zero-order valence-electron chi connectivity index (χ0n) is 23.6. The fraction of sp³-hybridized carbons (Fsp3) is 0.259. The number of thioether (sulfide) groups is 1. The van der Waals surface area contributed by atoms with Gasteiger partial charge in [0.05, 0.1) is 7.11 Å². The van der Waals surface area contributed by atoms with E-state index in [4.69, 9.17) is 20.9 Å². The van der Waals surface area contributed by atoms with Gasteiger partial charge in [0.25, 0.3) is 10.0 Å². The van der Waals surface area contributed by atoms with Crippen LogP contribution in [0.3, 0.4) is 0 Å². The molecule has 3 heterocycles. The van der Waals surface area contributed by atoms with Gasteiger partial charge in [0.2, 0.25) is 17.5 Å². The lowest BCUT2D eigenvalue weighted by Crippen LogP contribution is -2.24. The third kappa shape index (κ3) is 8.39. The molecule has 4 rings (SSSR count). The van der Waals surface area contributed by atoms with Gasteiger partial charge in [-0.05, 0) is 42.7 Å². The van der Waals surface area contributed by atoms with Crippen LogP contribution >= 0.6 is 23.1 Å². The van der Waals surface area contributed by atoms with Crippen molar-refractivity contribution in [1.29, 1.82) is 0 Å². The van der Waals surface area contributed by atoms with Crippen LogP contribution in [0.2, 0.25) is 0 Å². The first-order valence-electron chi connectivity index (χ1n) is 13.0. The lowest BCUT2D eigenvalue weighted by molar-refractivity contribution is -0.117. The molecule has 1 aromatic carbocycles. The summed E-state index contributed by atoms with van der Waals surface area (Å²) in [6.07, 6.45) is 3.53. The zero-order chi connectivity index (χ0) is 31.0. The maximum absolute atomic E-state index is 13.6. The van der Waals surface area contributed by atoms with E-state index < -0.39 is 15.9 Å². The monoisotopic (exact) mass is 642 g/mol. The number of guanidine groups is 1. The molecule has 0 spiro atoms. The van der Waals surface area contributed by atoms with Crippen molar-refractivity contribution < 1.29 is 22.7 Å². The van der Waals surface area contributed by atoms with Crippen molar-refractivity contribution in [3.05, 3.63) is 59.7 Å². The molecule has 3 aromatic heterocycles. The molecule has 0 aliphatic rings. The van der Waals surface area contributed by atoms with Gasteiger partial charge in [0.1, 0.15) is 9.24 Å². The fourth-order valence-corrected chi connectivity index (χ4v) is 6.81. The molecule has 4 aromatic rings. The molecule has 0 radical (unpaired) electrons. The molecular weight excluding hydrogens is 613 g/mol. The predicted octanol–water partition coefficient (Wildman–Crippen LogP) is 4.39. The normalized spacial score (nSPS) is 11.3. The van der Waals surface area contributed by atoms with Crippen molar-refractivity contribution >= 4 is 50.8 Å². The molecule has 5 N–H and O–H groups in total. The number of sulfonamides is 1. The second kappa shape index (κ2) is 14.3. The summed E-state index contributed by atoms with van der Waals surface area (Å²) in [5, 5.41) is 0.282. The number of nitrogens with one attached hydrogen (secondary N) is 1. The van der Waals surface area contributed by atoms with Crippen LogP contribution in [0, 0.1) is 0 Å². The summed E-state index contributed by atoms with van der Waals surface area (Å²) in [5.74, 6) is 0.639. The minimum Gasteiger partial charge on any atom is -0.493 e. The number of hydrogen-bond donors (Lipinski definition) is 3. The van der Waals surface area contributed by atoms with Crippen LogP contribution < -0.4 is 25.7 Å². The van der Waals surface area contributed by atoms with Crippen molar-refractivity contribution in [2.45, 2.75) is 41.8 Å². The Morgan fingerprint density at radius 1 is 1.05 bits per heavy atom. The van der Waals surface area contributed by atoms with Crippen LogP contribution in [0.1, 0.15) is 37.5 Å². The largest absolute Gasteiger partial charge is 0.493 e. The number of nitrogens with two attached hydrogens (primary N) is 2. The maximum atomic E-state index is 13.6. The van der Waals surface area contributed by atoms with E-state index >= 15 is 0 Å². The number of aliphatic imine (C=N–C) groups is 1. The second-order valence-electron chi connectivity index (χ2n) is 9.15. The Balaban J connectivity index is 1.79. The highest BCUT2D eigenvalue weighted by molar-refractivity contribution is 7.99. The Morgan fingerprint density at radius 3 is 2.42 bits per heavy atom. The summed E-state index contributed by atoms with van der Waals surface area (Å²) in [4.78, 5) is 34.0. The number of methoxy groups -OCH3 is 1. The average molecular weight is 643 g/mol. The number of benzene rings is 1. The van der Waals surface area contributed by atoms with E-state index in [-0.39, 0.29) is 50.7 Å². The highest BCUT2D eigenvalue weighted by Gasteiger charge is 2.26. The number of anilines is 1. The number of amides is 1. The van der Waals surface area contributed by atoms with Gasteiger partial charge in [-0.15, -0.1) is 23.1 Å². The molecule has 1 amide bonds. The highest BCUT2D eigenvalue weighted by Crippen LogP contribution is 2.42. The standard InChI is InChI=1S/C27H30N8O5S3/c1-16(2)19-11-12-21(42-19)43(37,38)35-23-22(40-18-9-5-4-8-17(18)39-3)26(41-15-6-10-20(36)32-27(28)29)34-25(33-23)24-30-13-7-14-31-24/h4-5,7-9,11-14,16H,6,10,15H2,1-3H3,(H,33,34,35)(H4,28,29,32,36). The Hall–Kier alpha value is -4.28. The van der Waals surface area contributed by atoms with E-state index in [1.54, 1.807) is 42.5 Å². The fourth-order valence-electron chi connectivity index (χ4n) is 3.58. The van der Waals surface area contributed by atoms with E-state index in [9.17, 15) is 13.2 Å². The number of para-hydroxylation sites is 2. The van der Waals surface area contributed by atoms with E-state index in [0.29, 0.717) is 23.7 Å².